The summed E-state index contributed by atoms with van der Waals surface area (Å²) in [6.45, 7) is -0.0121. The number of hydrogen-bond acceptors (Lipinski definition) is 3. The number of halogens is 3. The summed E-state index contributed by atoms with van der Waals surface area (Å²) in [4.78, 5) is 10.8. The van der Waals surface area contributed by atoms with Crippen LogP contribution in [-0.4, -0.2) is 13.4 Å². The van der Waals surface area contributed by atoms with Crippen LogP contribution in [-0.2, 0) is 6.61 Å². The van der Waals surface area contributed by atoms with Crippen LogP contribution >= 0.6 is 27.5 Å². The average Bonchev–Trinajstić information content (AvgIpc) is 2.48. The second-order valence-corrected chi connectivity index (χ2v) is 5.47. The summed E-state index contributed by atoms with van der Waals surface area (Å²) in [5.41, 5.74) is 0.774. The van der Waals surface area contributed by atoms with E-state index >= 15 is 0 Å². The number of ether oxygens (including phenoxy) is 2. The molecular formula is C15H11BrClFO3. The van der Waals surface area contributed by atoms with Gasteiger partial charge in [-0.05, 0) is 46.3 Å². The van der Waals surface area contributed by atoms with Gasteiger partial charge in [0.25, 0.3) is 0 Å². The van der Waals surface area contributed by atoms with Gasteiger partial charge in [-0.1, -0.05) is 11.6 Å². The maximum Gasteiger partial charge on any atom is 0.175 e. The molecule has 0 spiro atoms. The van der Waals surface area contributed by atoms with Gasteiger partial charge in [0, 0.05) is 16.1 Å². The molecule has 0 unspecified atom stereocenters. The topological polar surface area (TPSA) is 35.5 Å². The molecule has 0 amide bonds. The number of benzene rings is 2. The number of hydrogen-bond donors (Lipinski definition) is 0. The van der Waals surface area contributed by atoms with Gasteiger partial charge in [-0.15, -0.1) is 0 Å². The first kappa shape index (κ1) is 15.8. The van der Waals surface area contributed by atoms with Gasteiger partial charge in [0.1, 0.15) is 18.7 Å². The molecule has 2 aromatic carbocycles. The highest BCUT2D eigenvalue weighted by Gasteiger charge is 2.13. The molecule has 2 aromatic rings. The van der Waals surface area contributed by atoms with Gasteiger partial charge >= 0.3 is 0 Å². The van der Waals surface area contributed by atoms with Crippen LogP contribution in [0.15, 0.2) is 34.8 Å². The van der Waals surface area contributed by atoms with E-state index in [2.05, 4.69) is 15.9 Å². The first-order valence-electron chi connectivity index (χ1n) is 5.94. The molecule has 110 valence electrons. The predicted molar refractivity (Wildman–Crippen MR) is 81.8 cm³/mol. The van der Waals surface area contributed by atoms with Crippen LogP contribution in [0.2, 0.25) is 5.02 Å². The van der Waals surface area contributed by atoms with Crippen molar-refractivity contribution in [3.8, 4) is 11.5 Å². The van der Waals surface area contributed by atoms with Gasteiger partial charge in [0.05, 0.1) is 11.6 Å². The molecule has 2 rings (SSSR count). The third-order valence-corrected chi connectivity index (χ3v) is 3.59. The van der Waals surface area contributed by atoms with E-state index in [-0.39, 0.29) is 6.61 Å². The number of rotatable bonds is 5. The van der Waals surface area contributed by atoms with E-state index < -0.39 is 5.82 Å². The number of carbonyl (C=O) groups is 1. The van der Waals surface area contributed by atoms with Crippen LogP contribution in [0.5, 0.6) is 11.5 Å². The van der Waals surface area contributed by atoms with Crippen molar-refractivity contribution in [2.24, 2.45) is 0 Å². The van der Waals surface area contributed by atoms with Gasteiger partial charge < -0.3 is 9.47 Å². The van der Waals surface area contributed by atoms with Crippen molar-refractivity contribution in [3.05, 3.63) is 56.8 Å². The fourth-order valence-electron chi connectivity index (χ4n) is 1.75. The maximum atomic E-state index is 13.6. The van der Waals surface area contributed by atoms with Crippen molar-refractivity contribution >= 4 is 33.8 Å². The molecule has 0 atom stereocenters. The second kappa shape index (κ2) is 6.91. The molecule has 0 aliphatic carbocycles. The molecule has 0 aromatic heterocycles. The normalized spacial score (nSPS) is 10.3. The van der Waals surface area contributed by atoms with Crippen molar-refractivity contribution in [1.82, 2.24) is 0 Å². The van der Waals surface area contributed by atoms with E-state index in [1.807, 2.05) is 0 Å². The van der Waals surface area contributed by atoms with E-state index in [4.69, 9.17) is 21.1 Å². The van der Waals surface area contributed by atoms with Crippen molar-refractivity contribution in [2.75, 3.05) is 7.11 Å². The molecule has 3 nitrogen and oxygen atoms in total. The molecule has 0 saturated carbocycles. The van der Waals surface area contributed by atoms with E-state index in [0.29, 0.717) is 38.4 Å². The Labute approximate surface area is 134 Å². The molecule has 21 heavy (non-hydrogen) atoms. The lowest BCUT2D eigenvalue weighted by Gasteiger charge is -2.13. The van der Waals surface area contributed by atoms with Crippen LogP contribution < -0.4 is 9.47 Å². The fraction of sp³-hybridized carbons (Fsp3) is 0.133. The SMILES string of the molecule is COc1cc(C=O)cc(Br)c1OCc1cc(Cl)ccc1F. The van der Waals surface area contributed by atoms with Crippen LogP contribution in [0.3, 0.4) is 0 Å². The van der Waals surface area contributed by atoms with Crippen LogP contribution in [0.4, 0.5) is 4.39 Å². The third-order valence-electron chi connectivity index (χ3n) is 2.77. The van der Waals surface area contributed by atoms with Gasteiger partial charge in [-0.2, -0.15) is 0 Å². The molecule has 0 heterocycles. The molecule has 6 heteroatoms. The number of carbonyl (C=O) groups excluding carboxylic acids is 1. The minimum absolute atomic E-state index is 0.0121. The standard InChI is InChI=1S/C15H11BrClFO3/c1-20-14-5-9(7-19)4-12(16)15(14)21-8-10-6-11(17)2-3-13(10)18/h2-7H,8H2,1H3. The van der Waals surface area contributed by atoms with Crippen LogP contribution in [0.25, 0.3) is 0 Å². The van der Waals surface area contributed by atoms with E-state index in [9.17, 15) is 9.18 Å². The zero-order valence-corrected chi connectivity index (χ0v) is 13.4. The summed E-state index contributed by atoms with van der Waals surface area (Å²) in [5.74, 6) is 0.371. The van der Waals surface area contributed by atoms with E-state index in [1.165, 1.54) is 25.3 Å². The van der Waals surface area contributed by atoms with Gasteiger partial charge in [-0.3, -0.25) is 4.79 Å². The van der Waals surface area contributed by atoms with Crippen LogP contribution in [0, 0.1) is 5.82 Å². The zero-order chi connectivity index (χ0) is 15.4. The Morgan fingerprint density at radius 3 is 2.76 bits per heavy atom. The Balaban J connectivity index is 2.27. The Hall–Kier alpha value is -1.59. The van der Waals surface area contributed by atoms with E-state index in [0.717, 1.165) is 0 Å². The van der Waals surface area contributed by atoms with Crippen LogP contribution in [0.1, 0.15) is 15.9 Å². The second-order valence-electron chi connectivity index (χ2n) is 4.18. The average molecular weight is 374 g/mol. The van der Waals surface area contributed by atoms with Crippen molar-refractivity contribution < 1.29 is 18.7 Å². The Morgan fingerprint density at radius 2 is 2.10 bits per heavy atom. The molecule has 0 bridgehead atoms. The van der Waals surface area contributed by atoms with Crippen molar-refractivity contribution in [1.29, 1.82) is 0 Å². The summed E-state index contributed by atoms with van der Waals surface area (Å²) in [6, 6.07) is 7.39. The minimum Gasteiger partial charge on any atom is -0.493 e. The lowest BCUT2D eigenvalue weighted by molar-refractivity contribution is 0.112. The largest absolute Gasteiger partial charge is 0.493 e. The summed E-state index contributed by atoms with van der Waals surface area (Å²) in [5, 5.41) is 0.428. The zero-order valence-electron chi connectivity index (χ0n) is 11.0. The Kier molecular flexibility index (Phi) is 5.20. The predicted octanol–water partition coefficient (Wildman–Crippen LogP) is 4.64. The van der Waals surface area contributed by atoms with Gasteiger partial charge in [0.15, 0.2) is 11.5 Å². The summed E-state index contributed by atoms with van der Waals surface area (Å²) in [6.07, 6.45) is 0.702. The first-order chi connectivity index (χ1) is 10.0. The molecule has 0 aliphatic rings. The smallest absolute Gasteiger partial charge is 0.175 e. The molecule has 0 aliphatic heterocycles. The molecule has 0 N–H and O–H groups in total. The Morgan fingerprint density at radius 1 is 1.33 bits per heavy atom. The minimum atomic E-state index is -0.404. The highest BCUT2D eigenvalue weighted by molar-refractivity contribution is 9.10. The van der Waals surface area contributed by atoms with E-state index in [1.54, 1.807) is 12.1 Å². The summed E-state index contributed by atoms with van der Waals surface area (Å²) in [7, 11) is 1.46. The third kappa shape index (κ3) is 3.74. The van der Waals surface area contributed by atoms with Crippen molar-refractivity contribution in [2.45, 2.75) is 6.61 Å². The molecule has 0 saturated heterocycles. The maximum absolute atomic E-state index is 13.6. The van der Waals surface area contributed by atoms with Gasteiger partial charge in [-0.25, -0.2) is 4.39 Å². The molecular weight excluding hydrogens is 363 g/mol. The Bertz CT molecular complexity index is 676. The number of aldehydes is 1. The monoisotopic (exact) mass is 372 g/mol. The highest BCUT2D eigenvalue weighted by atomic mass is 79.9. The quantitative estimate of drug-likeness (QED) is 0.716. The highest BCUT2D eigenvalue weighted by Crippen LogP contribution is 2.37. The van der Waals surface area contributed by atoms with Gasteiger partial charge in [0.2, 0.25) is 0 Å². The molecule has 0 fully saturated rings. The lowest BCUT2D eigenvalue weighted by Crippen LogP contribution is -2.01. The first-order valence-corrected chi connectivity index (χ1v) is 7.11. The molecule has 0 radical (unpaired) electrons. The number of methoxy groups -OCH3 is 1. The van der Waals surface area contributed by atoms with Crippen molar-refractivity contribution in [3.63, 3.8) is 0 Å². The fourth-order valence-corrected chi connectivity index (χ4v) is 2.52. The summed E-state index contributed by atoms with van der Waals surface area (Å²) < 4.78 is 25.0. The lowest BCUT2D eigenvalue weighted by atomic mass is 10.2. The summed E-state index contributed by atoms with van der Waals surface area (Å²) >= 11 is 9.14.